The van der Waals surface area contributed by atoms with E-state index in [0.29, 0.717) is 19.4 Å². The van der Waals surface area contributed by atoms with Crippen LogP contribution < -0.4 is 17.2 Å². The van der Waals surface area contributed by atoms with Crippen LogP contribution in [-0.2, 0) is 9.53 Å². The van der Waals surface area contributed by atoms with Crippen molar-refractivity contribution in [3.05, 3.63) is 0 Å². The van der Waals surface area contributed by atoms with E-state index in [4.69, 9.17) is 21.9 Å². The third-order valence-corrected chi connectivity index (χ3v) is 1.62. The fraction of sp³-hybridized carbons (Fsp3) is 0.778. The van der Waals surface area contributed by atoms with Gasteiger partial charge in [0.1, 0.15) is 6.04 Å². The Morgan fingerprint density at radius 1 is 1.40 bits per heavy atom. The Kier molecular flexibility index (Phi) is 6.44. The molecular weight excluding hydrogens is 196 g/mol. The van der Waals surface area contributed by atoms with E-state index in [2.05, 4.69) is 4.99 Å². The second-order valence-electron chi connectivity index (χ2n) is 3.54. The molecule has 0 radical (unpaired) electrons. The Balaban J connectivity index is 3.69. The number of aliphatic imine (C=N–C) groups is 1. The number of carbonyl (C=O) groups is 1. The third-order valence-electron chi connectivity index (χ3n) is 1.62. The number of guanidine groups is 1. The molecule has 0 aromatic heterocycles. The molecule has 0 amide bonds. The molecule has 0 saturated carbocycles. The van der Waals surface area contributed by atoms with E-state index in [0.717, 1.165) is 0 Å². The fourth-order valence-corrected chi connectivity index (χ4v) is 0.957. The van der Waals surface area contributed by atoms with Crippen molar-refractivity contribution >= 4 is 11.9 Å². The first-order valence-electron chi connectivity index (χ1n) is 4.95. The van der Waals surface area contributed by atoms with Gasteiger partial charge in [0.25, 0.3) is 0 Å². The third kappa shape index (κ3) is 7.75. The van der Waals surface area contributed by atoms with Crippen molar-refractivity contribution in [2.75, 3.05) is 6.54 Å². The maximum atomic E-state index is 11.2. The molecule has 0 bridgehead atoms. The lowest BCUT2D eigenvalue weighted by molar-refractivity contribution is -0.149. The van der Waals surface area contributed by atoms with Crippen LogP contribution >= 0.6 is 0 Å². The Hall–Kier alpha value is -1.30. The zero-order chi connectivity index (χ0) is 11.8. The Morgan fingerprint density at radius 2 is 2.00 bits per heavy atom. The summed E-state index contributed by atoms with van der Waals surface area (Å²) in [4.78, 5) is 15.0. The number of nitrogens with zero attached hydrogens (tertiary/aromatic N) is 1. The lowest BCUT2D eigenvalue weighted by Crippen LogP contribution is -2.34. The fourth-order valence-electron chi connectivity index (χ4n) is 0.957. The van der Waals surface area contributed by atoms with Gasteiger partial charge in [-0.3, -0.25) is 9.79 Å². The zero-order valence-corrected chi connectivity index (χ0v) is 9.27. The Bertz CT molecular complexity index is 224. The number of nitrogens with two attached hydrogens (primary N) is 3. The van der Waals surface area contributed by atoms with Gasteiger partial charge in [-0.15, -0.1) is 0 Å². The average Bonchev–Trinajstić information content (AvgIpc) is 2.10. The van der Waals surface area contributed by atoms with Crippen LogP contribution in [0.15, 0.2) is 4.99 Å². The van der Waals surface area contributed by atoms with Crippen molar-refractivity contribution < 1.29 is 9.53 Å². The van der Waals surface area contributed by atoms with Crippen molar-refractivity contribution in [2.45, 2.75) is 38.8 Å². The molecule has 0 aromatic carbocycles. The lowest BCUT2D eigenvalue weighted by Gasteiger charge is -2.13. The zero-order valence-electron chi connectivity index (χ0n) is 9.27. The number of rotatable bonds is 6. The summed E-state index contributed by atoms with van der Waals surface area (Å²) in [5.74, 6) is -0.331. The molecule has 0 aliphatic carbocycles. The second-order valence-corrected chi connectivity index (χ2v) is 3.54. The van der Waals surface area contributed by atoms with Crippen LogP contribution in [-0.4, -0.2) is 30.6 Å². The van der Waals surface area contributed by atoms with Gasteiger partial charge in [0, 0.05) is 6.54 Å². The SMILES string of the molecule is CC(C)OC(=O)[C@@H](N)CCCN=C(N)N. The monoisotopic (exact) mass is 216 g/mol. The van der Waals surface area contributed by atoms with Gasteiger partial charge in [0.15, 0.2) is 5.96 Å². The summed E-state index contributed by atoms with van der Waals surface area (Å²) in [6.45, 7) is 4.04. The second kappa shape index (κ2) is 7.05. The Morgan fingerprint density at radius 3 is 2.47 bits per heavy atom. The van der Waals surface area contributed by atoms with Gasteiger partial charge in [0.2, 0.25) is 0 Å². The first-order valence-corrected chi connectivity index (χ1v) is 4.95. The van der Waals surface area contributed by atoms with Crippen LogP contribution in [0, 0.1) is 0 Å². The van der Waals surface area contributed by atoms with Gasteiger partial charge < -0.3 is 21.9 Å². The van der Waals surface area contributed by atoms with Crippen LogP contribution in [0.1, 0.15) is 26.7 Å². The number of hydrogen-bond acceptors (Lipinski definition) is 4. The van der Waals surface area contributed by atoms with Crippen molar-refractivity contribution in [3.63, 3.8) is 0 Å². The summed E-state index contributed by atoms with van der Waals surface area (Å²) in [5.41, 5.74) is 15.9. The minimum Gasteiger partial charge on any atom is -0.462 e. The molecular formula is C9H20N4O2. The molecule has 6 nitrogen and oxygen atoms in total. The van der Waals surface area contributed by atoms with Gasteiger partial charge >= 0.3 is 5.97 Å². The van der Waals surface area contributed by atoms with E-state index in [1.807, 2.05) is 0 Å². The predicted octanol–water partition coefficient (Wildman–Crippen LogP) is -0.681. The molecule has 0 spiro atoms. The summed E-state index contributed by atoms with van der Waals surface area (Å²) in [5, 5.41) is 0. The van der Waals surface area contributed by atoms with Crippen molar-refractivity contribution in [1.82, 2.24) is 0 Å². The van der Waals surface area contributed by atoms with E-state index < -0.39 is 6.04 Å². The standard InChI is InChI=1S/C9H20N4O2/c1-6(2)15-8(14)7(10)4-3-5-13-9(11)12/h6-7H,3-5,10H2,1-2H3,(H4,11,12,13)/t7-/m0/s1. The largest absolute Gasteiger partial charge is 0.462 e. The van der Waals surface area contributed by atoms with Crippen LogP contribution in [0.2, 0.25) is 0 Å². The van der Waals surface area contributed by atoms with Crippen LogP contribution in [0.4, 0.5) is 0 Å². The highest BCUT2D eigenvalue weighted by atomic mass is 16.5. The number of ether oxygens (including phenoxy) is 1. The van der Waals surface area contributed by atoms with E-state index in [-0.39, 0.29) is 18.0 Å². The highest BCUT2D eigenvalue weighted by Gasteiger charge is 2.15. The molecule has 1 atom stereocenters. The number of esters is 1. The van der Waals surface area contributed by atoms with Crippen LogP contribution in [0.3, 0.4) is 0 Å². The smallest absolute Gasteiger partial charge is 0.323 e. The molecule has 0 aromatic rings. The average molecular weight is 216 g/mol. The highest BCUT2D eigenvalue weighted by Crippen LogP contribution is 2.00. The first-order chi connectivity index (χ1) is 6.93. The predicted molar refractivity (Wildman–Crippen MR) is 59.1 cm³/mol. The van der Waals surface area contributed by atoms with Crippen molar-refractivity contribution in [3.8, 4) is 0 Å². The van der Waals surface area contributed by atoms with Crippen LogP contribution in [0.5, 0.6) is 0 Å². The molecule has 0 aliphatic rings. The molecule has 88 valence electrons. The quantitative estimate of drug-likeness (QED) is 0.235. The molecule has 15 heavy (non-hydrogen) atoms. The maximum Gasteiger partial charge on any atom is 0.323 e. The minimum absolute atomic E-state index is 0.0494. The van der Waals surface area contributed by atoms with Crippen LogP contribution in [0.25, 0.3) is 0 Å². The van der Waals surface area contributed by atoms with Gasteiger partial charge in [-0.05, 0) is 26.7 Å². The topological polar surface area (TPSA) is 117 Å². The van der Waals surface area contributed by atoms with Gasteiger partial charge in [-0.2, -0.15) is 0 Å². The number of hydrogen-bond donors (Lipinski definition) is 3. The molecule has 6 heteroatoms. The van der Waals surface area contributed by atoms with E-state index in [9.17, 15) is 4.79 Å². The van der Waals surface area contributed by atoms with Crippen molar-refractivity contribution in [1.29, 1.82) is 0 Å². The number of carbonyl (C=O) groups excluding carboxylic acids is 1. The molecule has 0 unspecified atom stereocenters. The summed E-state index contributed by atoms with van der Waals surface area (Å²) < 4.78 is 4.94. The minimum atomic E-state index is -0.596. The molecule has 0 aliphatic heterocycles. The molecule has 0 saturated heterocycles. The summed E-state index contributed by atoms with van der Waals surface area (Å²) >= 11 is 0. The summed E-state index contributed by atoms with van der Waals surface area (Å²) in [6, 6.07) is -0.596. The van der Waals surface area contributed by atoms with E-state index in [1.165, 1.54) is 0 Å². The first kappa shape index (κ1) is 13.7. The van der Waals surface area contributed by atoms with E-state index in [1.54, 1.807) is 13.8 Å². The maximum absolute atomic E-state index is 11.2. The lowest BCUT2D eigenvalue weighted by atomic mass is 10.2. The Labute approximate surface area is 89.8 Å². The normalized spacial score (nSPS) is 12.3. The van der Waals surface area contributed by atoms with E-state index >= 15 is 0 Å². The summed E-state index contributed by atoms with van der Waals surface area (Å²) in [6.07, 6.45) is 1.04. The van der Waals surface area contributed by atoms with Crippen molar-refractivity contribution in [2.24, 2.45) is 22.2 Å². The molecule has 6 N–H and O–H groups in total. The highest BCUT2D eigenvalue weighted by molar-refractivity contribution is 5.76. The summed E-state index contributed by atoms with van der Waals surface area (Å²) in [7, 11) is 0. The van der Waals surface area contributed by atoms with Gasteiger partial charge in [-0.25, -0.2) is 0 Å². The molecule has 0 fully saturated rings. The van der Waals surface area contributed by atoms with Gasteiger partial charge in [-0.1, -0.05) is 0 Å². The molecule has 0 heterocycles. The van der Waals surface area contributed by atoms with Gasteiger partial charge in [0.05, 0.1) is 6.10 Å². The molecule has 0 rings (SSSR count).